The van der Waals surface area contributed by atoms with Crippen molar-refractivity contribution in [3.8, 4) is 0 Å². The van der Waals surface area contributed by atoms with Crippen molar-refractivity contribution in [3.05, 3.63) is 29.3 Å². The molecule has 0 aromatic heterocycles. The Labute approximate surface area is 93.1 Å². The second-order valence-corrected chi connectivity index (χ2v) is 5.04. The van der Waals surface area contributed by atoms with Gasteiger partial charge in [-0.2, -0.15) is 0 Å². The molecule has 1 rings (SSSR count). The molecule has 84 valence electrons. The van der Waals surface area contributed by atoms with E-state index in [1.165, 1.54) is 12.1 Å². The lowest BCUT2D eigenvalue weighted by Gasteiger charge is -2.19. The maximum absolute atomic E-state index is 13.7. The summed E-state index contributed by atoms with van der Waals surface area (Å²) in [5.74, 6) is -1.00. The van der Waals surface area contributed by atoms with Gasteiger partial charge in [-0.25, -0.2) is 8.78 Å². The number of benzene rings is 1. The van der Waals surface area contributed by atoms with E-state index in [0.717, 1.165) is 11.8 Å². The zero-order chi connectivity index (χ0) is 11.6. The number of hydrogen-bond donors (Lipinski definition) is 1. The molecule has 0 saturated heterocycles. The highest BCUT2D eigenvalue weighted by molar-refractivity contribution is 7.98. The van der Waals surface area contributed by atoms with Crippen molar-refractivity contribution in [3.63, 3.8) is 0 Å². The molecule has 1 nitrogen and oxygen atoms in total. The van der Waals surface area contributed by atoms with Crippen LogP contribution in [0.1, 0.15) is 19.4 Å². The van der Waals surface area contributed by atoms with Gasteiger partial charge in [0.1, 0.15) is 11.6 Å². The summed E-state index contributed by atoms with van der Waals surface area (Å²) in [4.78, 5) is 0.0664. The van der Waals surface area contributed by atoms with E-state index in [0.29, 0.717) is 12.0 Å². The monoisotopic (exact) mass is 231 g/mol. The zero-order valence-corrected chi connectivity index (χ0v) is 9.92. The van der Waals surface area contributed by atoms with Gasteiger partial charge in [0.25, 0.3) is 0 Å². The van der Waals surface area contributed by atoms with E-state index in [2.05, 4.69) is 0 Å². The van der Waals surface area contributed by atoms with Crippen molar-refractivity contribution in [1.29, 1.82) is 0 Å². The predicted molar refractivity (Wildman–Crippen MR) is 60.1 cm³/mol. The van der Waals surface area contributed by atoms with Gasteiger partial charge >= 0.3 is 0 Å². The number of thioether (sulfide) groups is 1. The first-order valence-electron chi connectivity index (χ1n) is 4.65. The Kier molecular flexibility index (Phi) is 3.73. The summed E-state index contributed by atoms with van der Waals surface area (Å²) in [5, 5.41) is 0. The number of halogens is 2. The molecular formula is C11H15F2NS. The Morgan fingerprint density at radius 3 is 2.40 bits per heavy atom. The van der Waals surface area contributed by atoms with Gasteiger partial charge in [0, 0.05) is 5.54 Å². The van der Waals surface area contributed by atoms with Crippen LogP contribution in [0.25, 0.3) is 0 Å². The fraction of sp³-hybridized carbons (Fsp3) is 0.455. The average Bonchev–Trinajstić information content (AvgIpc) is 2.09. The average molecular weight is 231 g/mol. The van der Waals surface area contributed by atoms with E-state index in [4.69, 9.17) is 5.73 Å². The zero-order valence-electron chi connectivity index (χ0n) is 9.10. The lowest BCUT2D eigenvalue weighted by atomic mass is 9.96. The molecule has 0 heterocycles. The quantitative estimate of drug-likeness (QED) is 0.809. The first-order valence-corrected chi connectivity index (χ1v) is 5.87. The van der Waals surface area contributed by atoms with Crippen molar-refractivity contribution >= 4 is 11.8 Å². The molecule has 1 aromatic carbocycles. The largest absolute Gasteiger partial charge is 0.325 e. The lowest BCUT2D eigenvalue weighted by molar-refractivity contribution is 0.480. The fourth-order valence-electron chi connectivity index (χ4n) is 1.39. The Balaban J connectivity index is 3.11. The van der Waals surface area contributed by atoms with Crippen LogP contribution in [0.5, 0.6) is 0 Å². The maximum atomic E-state index is 13.7. The normalized spacial score (nSPS) is 11.9. The Hall–Kier alpha value is -0.610. The summed E-state index contributed by atoms with van der Waals surface area (Å²) in [6, 6.07) is 2.75. The first-order chi connectivity index (χ1) is 6.85. The minimum absolute atomic E-state index is 0.0664. The molecule has 0 fully saturated rings. The van der Waals surface area contributed by atoms with Crippen LogP contribution in [0.4, 0.5) is 8.78 Å². The van der Waals surface area contributed by atoms with Crippen LogP contribution in [0, 0.1) is 11.6 Å². The van der Waals surface area contributed by atoms with Crippen LogP contribution in [0.3, 0.4) is 0 Å². The summed E-state index contributed by atoms with van der Waals surface area (Å²) in [7, 11) is 0. The van der Waals surface area contributed by atoms with E-state index < -0.39 is 17.2 Å². The van der Waals surface area contributed by atoms with Crippen molar-refractivity contribution in [2.75, 3.05) is 6.26 Å². The van der Waals surface area contributed by atoms with Crippen LogP contribution >= 0.6 is 11.8 Å². The van der Waals surface area contributed by atoms with E-state index in [9.17, 15) is 8.78 Å². The smallest absolute Gasteiger partial charge is 0.142 e. The molecule has 0 radical (unpaired) electrons. The van der Waals surface area contributed by atoms with Crippen LogP contribution in [-0.2, 0) is 6.42 Å². The van der Waals surface area contributed by atoms with Gasteiger partial charge in [0.15, 0.2) is 0 Å². The molecule has 0 saturated carbocycles. The van der Waals surface area contributed by atoms with Crippen molar-refractivity contribution in [2.24, 2.45) is 5.73 Å². The highest BCUT2D eigenvalue weighted by Gasteiger charge is 2.18. The number of nitrogens with two attached hydrogens (primary N) is 1. The molecule has 0 bridgehead atoms. The summed E-state index contributed by atoms with van der Waals surface area (Å²) in [5.41, 5.74) is 5.77. The van der Waals surface area contributed by atoms with Crippen LogP contribution < -0.4 is 5.73 Å². The number of rotatable bonds is 3. The standard InChI is InChI=1S/C11H15F2NS/c1-11(2,14)6-7-4-5-8(12)10(15-3)9(7)13/h4-5H,6,14H2,1-3H3. The molecule has 0 atom stereocenters. The fourth-order valence-corrected chi connectivity index (χ4v) is 1.96. The van der Waals surface area contributed by atoms with Crippen molar-refractivity contribution in [2.45, 2.75) is 30.7 Å². The summed E-state index contributed by atoms with van der Waals surface area (Å²) >= 11 is 1.07. The van der Waals surface area contributed by atoms with Gasteiger partial charge in [-0.15, -0.1) is 11.8 Å². The third-order valence-corrected chi connectivity index (χ3v) is 2.76. The minimum atomic E-state index is -0.515. The molecule has 0 aliphatic carbocycles. The van der Waals surface area contributed by atoms with Crippen molar-refractivity contribution in [1.82, 2.24) is 0 Å². The molecule has 4 heteroatoms. The van der Waals surface area contributed by atoms with Gasteiger partial charge in [-0.1, -0.05) is 6.07 Å². The summed E-state index contributed by atoms with van der Waals surface area (Å²) in [6.07, 6.45) is 2.05. The highest BCUT2D eigenvalue weighted by atomic mass is 32.2. The van der Waals surface area contributed by atoms with E-state index >= 15 is 0 Å². The Bertz CT molecular complexity index is 358. The van der Waals surface area contributed by atoms with Gasteiger partial charge in [-0.3, -0.25) is 0 Å². The van der Waals surface area contributed by atoms with Crippen LogP contribution in [0.2, 0.25) is 0 Å². The third kappa shape index (κ3) is 3.18. The second-order valence-electron chi connectivity index (χ2n) is 4.22. The molecule has 2 N–H and O–H groups in total. The minimum Gasteiger partial charge on any atom is -0.325 e. The molecule has 1 aromatic rings. The molecule has 0 aliphatic rings. The highest BCUT2D eigenvalue weighted by Crippen LogP contribution is 2.26. The van der Waals surface area contributed by atoms with E-state index in [-0.39, 0.29) is 4.90 Å². The summed E-state index contributed by atoms with van der Waals surface area (Å²) in [6.45, 7) is 3.63. The Morgan fingerprint density at radius 2 is 1.93 bits per heavy atom. The molecule has 0 unspecified atom stereocenters. The van der Waals surface area contributed by atoms with Gasteiger partial charge in [0.2, 0.25) is 0 Å². The van der Waals surface area contributed by atoms with Crippen LogP contribution in [0.15, 0.2) is 17.0 Å². The molecule has 0 aliphatic heterocycles. The summed E-state index contributed by atoms with van der Waals surface area (Å²) < 4.78 is 26.9. The SMILES string of the molecule is CSc1c(F)ccc(CC(C)(C)N)c1F. The molecule has 0 spiro atoms. The first kappa shape index (κ1) is 12.5. The maximum Gasteiger partial charge on any atom is 0.142 e. The number of hydrogen-bond acceptors (Lipinski definition) is 2. The topological polar surface area (TPSA) is 26.0 Å². The lowest BCUT2D eigenvalue weighted by Crippen LogP contribution is -2.34. The van der Waals surface area contributed by atoms with Crippen molar-refractivity contribution < 1.29 is 8.78 Å². The van der Waals surface area contributed by atoms with Gasteiger partial charge < -0.3 is 5.73 Å². The molecular weight excluding hydrogens is 216 g/mol. The second kappa shape index (κ2) is 4.49. The van der Waals surface area contributed by atoms with Crippen LogP contribution in [-0.4, -0.2) is 11.8 Å². The Morgan fingerprint density at radius 1 is 1.33 bits per heavy atom. The van der Waals surface area contributed by atoms with E-state index in [1.54, 1.807) is 6.26 Å². The van der Waals surface area contributed by atoms with Gasteiger partial charge in [0.05, 0.1) is 4.90 Å². The predicted octanol–water partition coefficient (Wildman–Crippen LogP) is 2.97. The van der Waals surface area contributed by atoms with E-state index in [1.807, 2.05) is 13.8 Å². The van der Waals surface area contributed by atoms with Gasteiger partial charge in [-0.05, 0) is 38.2 Å². The third-order valence-electron chi connectivity index (χ3n) is 1.98. The molecule has 15 heavy (non-hydrogen) atoms. The molecule has 0 amide bonds.